The van der Waals surface area contributed by atoms with Crippen LogP contribution in [-0.4, -0.2) is 46.6 Å². The molecule has 1 N–H and O–H groups in total. The van der Waals surface area contributed by atoms with E-state index in [-0.39, 0.29) is 11.4 Å². The molecule has 0 aliphatic carbocycles. The van der Waals surface area contributed by atoms with Gasteiger partial charge in [0.05, 0.1) is 10.6 Å². The first-order chi connectivity index (χ1) is 15.0. The predicted molar refractivity (Wildman–Crippen MR) is 115 cm³/mol. The lowest BCUT2D eigenvalue weighted by atomic mass is 10.1. The van der Waals surface area contributed by atoms with Crippen molar-refractivity contribution >= 4 is 34.1 Å². The van der Waals surface area contributed by atoms with Crippen LogP contribution in [0.1, 0.15) is 6.42 Å². The van der Waals surface area contributed by atoms with Crippen LogP contribution in [0.25, 0.3) is 10.8 Å². The van der Waals surface area contributed by atoms with Gasteiger partial charge in [-0.25, -0.2) is 14.8 Å². The molecule has 158 valence electrons. The van der Waals surface area contributed by atoms with Crippen molar-refractivity contribution in [1.82, 2.24) is 10.0 Å². The van der Waals surface area contributed by atoms with Gasteiger partial charge in [-0.05, 0) is 23.9 Å². The van der Waals surface area contributed by atoms with E-state index in [0.29, 0.717) is 25.2 Å². The Labute approximate surface area is 177 Å². The van der Waals surface area contributed by atoms with E-state index in [1.54, 1.807) is 12.1 Å². The van der Waals surface area contributed by atoms with Crippen molar-refractivity contribution in [2.45, 2.75) is 6.42 Å². The Bertz CT molecular complexity index is 1140. The molecule has 0 bridgehead atoms. The monoisotopic (exact) mass is 420 g/mol. The summed E-state index contributed by atoms with van der Waals surface area (Å²) >= 11 is 0. The highest BCUT2D eigenvalue weighted by Crippen LogP contribution is 2.26. The Morgan fingerprint density at radius 3 is 2.52 bits per heavy atom. The SMILES string of the molecule is O=C(COc1ccccc1[N+](=O)[O-])N1CCCN1C(=O)Nc1cccc2ccccc12. The summed E-state index contributed by atoms with van der Waals surface area (Å²) in [6.45, 7) is 0.332. The van der Waals surface area contributed by atoms with Gasteiger partial charge in [-0.2, -0.15) is 0 Å². The lowest BCUT2D eigenvalue weighted by Gasteiger charge is -2.28. The summed E-state index contributed by atoms with van der Waals surface area (Å²) in [5.74, 6) is -0.449. The quantitative estimate of drug-likeness (QED) is 0.499. The largest absolute Gasteiger partial charge is 0.477 e. The van der Waals surface area contributed by atoms with E-state index in [1.807, 2.05) is 36.4 Å². The third-order valence-corrected chi connectivity index (χ3v) is 5.00. The molecule has 1 aliphatic heterocycles. The number of para-hydroxylation sites is 2. The fourth-order valence-electron chi connectivity index (χ4n) is 3.54. The van der Waals surface area contributed by atoms with Gasteiger partial charge in [0.2, 0.25) is 0 Å². The molecular formula is C22H20N4O5. The summed E-state index contributed by atoms with van der Waals surface area (Å²) in [5.41, 5.74) is 0.431. The molecule has 9 nitrogen and oxygen atoms in total. The highest BCUT2D eigenvalue weighted by Gasteiger charge is 2.31. The molecule has 3 aromatic rings. The topological polar surface area (TPSA) is 105 Å². The number of nitrogens with one attached hydrogen (secondary N) is 1. The molecule has 1 heterocycles. The van der Waals surface area contributed by atoms with Crippen LogP contribution in [0.5, 0.6) is 5.75 Å². The van der Waals surface area contributed by atoms with Gasteiger partial charge in [-0.3, -0.25) is 14.9 Å². The van der Waals surface area contributed by atoms with Crippen molar-refractivity contribution in [2.75, 3.05) is 25.0 Å². The second kappa shape index (κ2) is 8.70. The molecular weight excluding hydrogens is 400 g/mol. The number of anilines is 1. The van der Waals surface area contributed by atoms with Crippen molar-refractivity contribution in [1.29, 1.82) is 0 Å². The number of nitro benzene ring substituents is 1. The van der Waals surface area contributed by atoms with Gasteiger partial charge in [0.1, 0.15) is 0 Å². The average Bonchev–Trinajstić information content (AvgIpc) is 3.28. The second-order valence-corrected chi connectivity index (χ2v) is 6.96. The minimum Gasteiger partial charge on any atom is -0.477 e. The van der Waals surface area contributed by atoms with Crippen molar-refractivity contribution in [2.24, 2.45) is 0 Å². The van der Waals surface area contributed by atoms with E-state index >= 15 is 0 Å². The zero-order valence-electron chi connectivity index (χ0n) is 16.6. The first-order valence-electron chi connectivity index (χ1n) is 9.77. The maximum absolute atomic E-state index is 12.9. The van der Waals surface area contributed by atoms with Crippen molar-refractivity contribution < 1.29 is 19.2 Å². The molecule has 1 saturated heterocycles. The number of hydrazine groups is 1. The summed E-state index contributed by atoms with van der Waals surface area (Å²) in [4.78, 5) is 36.1. The van der Waals surface area contributed by atoms with Gasteiger partial charge in [-0.15, -0.1) is 0 Å². The number of rotatable bonds is 5. The number of urea groups is 1. The molecule has 3 aromatic carbocycles. The summed E-state index contributed by atoms with van der Waals surface area (Å²) < 4.78 is 5.39. The van der Waals surface area contributed by atoms with Crippen LogP contribution in [0, 0.1) is 10.1 Å². The number of amides is 3. The number of carbonyl (C=O) groups excluding carboxylic acids is 2. The van der Waals surface area contributed by atoms with Gasteiger partial charge in [-0.1, -0.05) is 48.5 Å². The van der Waals surface area contributed by atoms with E-state index in [9.17, 15) is 19.7 Å². The lowest BCUT2D eigenvalue weighted by molar-refractivity contribution is -0.385. The van der Waals surface area contributed by atoms with Crippen LogP contribution in [-0.2, 0) is 4.79 Å². The molecule has 9 heteroatoms. The third kappa shape index (κ3) is 4.25. The normalized spacial score (nSPS) is 13.3. The van der Waals surface area contributed by atoms with Crippen LogP contribution in [0.3, 0.4) is 0 Å². The predicted octanol–water partition coefficient (Wildman–Crippen LogP) is 3.81. The minimum absolute atomic E-state index is 0.00630. The van der Waals surface area contributed by atoms with Gasteiger partial charge in [0.25, 0.3) is 5.91 Å². The van der Waals surface area contributed by atoms with Crippen LogP contribution in [0.2, 0.25) is 0 Å². The van der Waals surface area contributed by atoms with Crippen molar-refractivity contribution in [3.63, 3.8) is 0 Å². The van der Waals surface area contributed by atoms with E-state index in [4.69, 9.17) is 4.74 Å². The van der Waals surface area contributed by atoms with Gasteiger partial charge in [0.15, 0.2) is 12.4 Å². The van der Waals surface area contributed by atoms with Crippen LogP contribution in [0.15, 0.2) is 66.7 Å². The molecule has 0 unspecified atom stereocenters. The van der Waals surface area contributed by atoms with Crippen molar-refractivity contribution in [3.8, 4) is 5.75 Å². The van der Waals surface area contributed by atoms with E-state index in [1.165, 1.54) is 28.2 Å². The highest BCUT2D eigenvalue weighted by atomic mass is 16.6. The number of nitrogens with zero attached hydrogens (tertiary/aromatic N) is 3. The Kier molecular flexibility index (Phi) is 5.65. The summed E-state index contributed by atoms with van der Waals surface area (Å²) in [6, 6.07) is 18.7. The third-order valence-electron chi connectivity index (χ3n) is 5.00. The zero-order chi connectivity index (χ0) is 21.8. The molecule has 0 saturated carbocycles. The number of ether oxygens (including phenoxy) is 1. The Morgan fingerprint density at radius 2 is 1.68 bits per heavy atom. The fraction of sp³-hybridized carbons (Fsp3) is 0.182. The Hall–Kier alpha value is -4.14. The van der Waals surface area contributed by atoms with Crippen LogP contribution < -0.4 is 10.1 Å². The van der Waals surface area contributed by atoms with Crippen LogP contribution in [0.4, 0.5) is 16.2 Å². The summed E-state index contributed by atoms with van der Waals surface area (Å²) in [7, 11) is 0. The molecule has 1 aliphatic rings. The Balaban J connectivity index is 1.44. The molecule has 1 fully saturated rings. The maximum atomic E-state index is 12.9. The second-order valence-electron chi connectivity index (χ2n) is 6.96. The molecule has 0 aromatic heterocycles. The standard InChI is InChI=1S/C22H20N4O5/c27-21(15-31-20-12-4-3-11-19(20)26(29)30)24-13-6-14-25(24)22(28)23-18-10-5-8-16-7-1-2-9-17(16)18/h1-5,7-12H,6,13-15H2,(H,23,28). The first-order valence-corrected chi connectivity index (χ1v) is 9.77. The van der Waals surface area contributed by atoms with Crippen LogP contribution >= 0.6 is 0 Å². The van der Waals surface area contributed by atoms with E-state index < -0.39 is 23.5 Å². The number of carbonyl (C=O) groups is 2. The lowest BCUT2D eigenvalue weighted by Crippen LogP contribution is -2.48. The minimum atomic E-state index is -0.570. The fourth-order valence-corrected chi connectivity index (χ4v) is 3.54. The van der Waals surface area contributed by atoms with E-state index in [2.05, 4.69) is 5.32 Å². The van der Waals surface area contributed by atoms with E-state index in [0.717, 1.165) is 10.8 Å². The summed E-state index contributed by atoms with van der Waals surface area (Å²) in [6.07, 6.45) is 0.625. The number of nitro groups is 1. The zero-order valence-corrected chi connectivity index (χ0v) is 16.6. The number of fused-ring (bicyclic) bond motifs is 1. The summed E-state index contributed by atoms with van der Waals surface area (Å²) in [5, 5.41) is 18.5. The highest BCUT2D eigenvalue weighted by molar-refractivity contribution is 6.02. The molecule has 4 rings (SSSR count). The molecule has 0 radical (unpaired) electrons. The molecule has 0 spiro atoms. The number of hydrogen-bond acceptors (Lipinski definition) is 5. The smallest absolute Gasteiger partial charge is 0.340 e. The number of hydrogen-bond donors (Lipinski definition) is 1. The van der Waals surface area contributed by atoms with Crippen molar-refractivity contribution in [3.05, 3.63) is 76.8 Å². The van der Waals surface area contributed by atoms with Gasteiger partial charge < -0.3 is 10.1 Å². The first kappa shape index (κ1) is 20.1. The number of benzene rings is 3. The molecule has 31 heavy (non-hydrogen) atoms. The molecule has 3 amide bonds. The molecule has 0 atom stereocenters. The van der Waals surface area contributed by atoms with Gasteiger partial charge in [0, 0.05) is 24.5 Å². The average molecular weight is 420 g/mol. The Morgan fingerprint density at radius 1 is 0.968 bits per heavy atom. The maximum Gasteiger partial charge on any atom is 0.340 e. The van der Waals surface area contributed by atoms with Gasteiger partial charge >= 0.3 is 11.7 Å².